The molecule has 1 aliphatic rings. The number of aromatic nitrogens is 1. The zero-order valence-corrected chi connectivity index (χ0v) is 16.6. The summed E-state index contributed by atoms with van der Waals surface area (Å²) in [7, 11) is 1.69. The number of nitrogens with zero attached hydrogens (tertiary/aromatic N) is 1. The molecule has 0 bridgehead atoms. The Morgan fingerprint density at radius 2 is 2.00 bits per heavy atom. The zero-order chi connectivity index (χ0) is 20.2. The summed E-state index contributed by atoms with van der Waals surface area (Å²) in [5.41, 5.74) is 8.79. The van der Waals surface area contributed by atoms with Crippen molar-refractivity contribution < 1.29 is 14.3 Å². The Morgan fingerprint density at radius 3 is 2.76 bits per heavy atom. The Morgan fingerprint density at radius 1 is 1.17 bits per heavy atom. The van der Waals surface area contributed by atoms with Crippen molar-refractivity contribution in [3.8, 4) is 11.5 Å². The Labute approximate surface area is 170 Å². The van der Waals surface area contributed by atoms with E-state index < -0.39 is 0 Å². The van der Waals surface area contributed by atoms with Gasteiger partial charge >= 0.3 is 0 Å². The Balaban J connectivity index is 1.41. The molecule has 0 saturated carbocycles. The van der Waals surface area contributed by atoms with Crippen LogP contribution in [0.25, 0.3) is 10.9 Å². The Hall–Kier alpha value is -3.03. The highest BCUT2D eigenvalue weighted by molar-refractivity contribution is 5.87. The second-order valence-corrected chi connectivity index (χ2v) is 7.01. The summed E-state index contributed by atoms with van der Waals surface area (Å²) in [4.78, 5) is 12.2. The first-order valence-electron chi connectivity index (χ1n) is 9.84. The van der Waals surface area contributed by atoms with E-state index in [2.05, 4.69) is 39.8 Å². The van der Waals surface area contributed by atoms with Crippen LogP contribution in [0.4, 0.5) is 0 Å². The standard InChI is InChI=1S/C22H26N4O3/c1-3-26-18-10-7-11-20(28-2)16(18)12-19(26)17-13-21(25-24-17)23-22(27)14-29-15-8-5-4-6-9-15/h4-12,17,21,24-25H,3,13-14H2,1-2H3,(H,23,27). The molecule has 0 aliphatic carbocycles. The molecule has 3 aromatic rings. The van der Waals surface area contributed by atoms with Crippen molar-refractivity contribution in [2.45, 2.75) is 32.1 Å². The highest BCUT2D eigenvalue weighted by Gasteiger charge is 2.29. The number of rotatable bonds is 7. The van der Waals surface area contributed by atoms with Crippen LogP contribution in [-0.4, -0.2) is 30.4 Å². The van der Waals surface area contributed by atoms with Crippen LogP contribution in [0.1, 0.15) is 25.1 Å². The first kappa shape index (κ1) is 19.3. The minimum absolute atomic E-state index is 0.0146. The molecular formula is C22H26N4O3. The lowest BCUT2D eigenvalue weighted by Gasteiger charge is -2.14. The van der Waals surface area contributed by atoms with Gasteiger partial charge in [0, 0.05) is 24.0 Å². The van der Waals surface area contributed by atoms with Crippen LogP contribution < -0.4 is 25.6 Å². The lowest BCUT2D eigenvalue weighted by atomic mass is 10.1. The van der Waals surface area contributed by atoms with Gasteiger partial charge in [-0.15, -0.1) is 0 Å². The first-order chi connectivity index (χ1) is 14.2. The third kappa shape index (κ3) is 4.06. The summed E-state index contributed by atoms with van der Waals surface area (Å²) in [6.45, 7) is 2.97. The van der Waals surface area contributed by atoms with Gasteiger partial charge in [0.05, 0.1) is 24.8 Å². The average molecular weight is 394 g/mol. The summed E-state index contributed by atoms with van der Waals surface area (Å²) in [5.74, 6) is 1.38. The van der Waals surface area contributed by atoms with Crippen LogP contribution in [0.3, 0.4) is 0 Å². The molecule has 7 heteroatoms. The van der Waals surface area contributed by atoms with E-state index in [0.29, 0.717) is 5.75 Å². The van der Waals surface area contributed by atoms with Crippen LogP contribution in [-0.2, 0) is 11.3 Å². The molecule has 1 aromatic heterocycles. The van der Waals surface area contributed by atoms with Gasteiger partial charge in [-0.25, -0.2) is 10.9 Å². The van der Waals surface area contributed by atoms with Crippen molar-refractivity contribution in [2.24, 2.45) is 0 Å². The number of carbonyl (C=O) groups is 1. The van der Waals surface area contributed by atoms with Crippen molar-refractivity contribution in [1.29, 1.82) is 0 Å². The molecule has 0 radical (unpaired) electrons. The monoisotopic (exact) mass is 394 g/mol. The number of nitrogens with one attached hydrogen (secondary N) is 3. The molecule has 0 spiro atoms. The fourth-order valence-electron chi connectivity index (χ4n) is 3.84. The highest BCUT2D eigenvalue weighted by Crippen LogP contribution is 2.33. The Bertz CT molecular complexity index is 986. The summed E-state index contributed by atoms with van der Waals surface area (Å²) < 4.78 is 13.3. The molecule has 1 aliphatic heterocycles. The average Bonchev–Trinajstić information content (AvgIpc) is 3.36. The number of hydrogen-bond donors (Lipinski definition) is 3. The van der Waals surface area contributed by atoms with Gasteiger partial charge < -0.3 is 19.4 Å². The van der Waals surface area contributed by atoms with E-state index >= 15 is 0 Å². The second kappa shape index (κ2) is 8.55. The second-order valence-electron chi connectivity index (χ2n) is 7.01. The normalized spacial score (nSPS) is 18.7. The molecule has 152 valence electrons. The van der Waals surface area contributed by atoms with Gasteiger partial charge in [0.25, 0.3) is 5.91 Å². The van der Waals surface area contributed by atoms with Crippen molar-refractivity contribution in [1.82, 2.24) is 20.7 Å². The maximum Gasteiger partial charge on any atom is 0.259 e. The SMILES string of the molecule is CCn1c(C2CC(NC(=O)COc3ccccc3)NN2)cc2c(OC)cccc21. The third-order valence-electron chi connectivity index (χ3n) is 5.18. The molecule has 3 N–H and O–H groups in total. The van der Waals surface area contributed by atoms with Gasteiger partial charge in [0.2, 0.25) is 0 Å². The summed E-state index contributed by atoms with van der Waals surface area (Å²) in [5, 5.41) is 4.07. The molecule has 2 aromatic carbocycles. The molecule has 29 heavy (non-hydrogen) atoms. The number of methoxy groups -OCH3 is 1. The number of amides is 1. The molecular weight excluding hydrogens is 368 g/mol. The predicted molar refractivity (Wildman–Crippen MR) is 112 cm³/mol. The molecule has 4 rings (SSSR count). The van der Waals surface area contributed by atoms with E-state index in [9.17, 15) is 4.79 Å². The molecule has 2 unspecified atom stereocenters. The quantitative estimate of drug-likeness (QED) is 0.575. The minimum atomic E-state index is -0.169. The van der Waals surface area contributed by atoms with Gasteiger partial charge in [0.1, 0.15) is 11.5 Å². The van der Waals surface area contributed by atoms with Gasteiger partial charge in [-0.2, -0.15) is 0 Å². The molecule has 7 nitrogen and oxygen atoms in total. The summed E-state index contributed by atoms with van der Waals surface area (Å²) in [6, 6.07) is 17.7. The van der Waals surface area contributed by atoms with Gasteiger partial charge in [0.15, 0.2) is 6.61 Å². The van der Waals surface area contributed by atoms with E-state index in [1.54, 1.807) is 7.11 Å². The molecule has 1 fully saturated rings. The van der Waals surface area contributed by atoms with Crippen molar-refractivity contribution in [3.63, 3.8) is 0 Å². The summed E-state index contributed by atoms with van der Waals surface area (Å²) >= 11 is 0. The van der Waals surface area contributed by atoms with Crippen LogP contribution in [0.15, 0.2) is 54.6 Å². The van der Waals surface area contributed by atoms with E-state index in [-0.39, 0.29) is 24.7 Å². The van der Waals surface area contributed by atoms with Gasteiger partial charge in [-0.3, -0.25) is 4.79 Å². The van der Waals surface area contributed by atoms with Gasteiger partial charge in [-0.1, -0.05) is 24.3 Å². The van der Waals surface area contributed by atoms with Crippen LogP contribution in [0.2, 0.25) is 0 Å². The number of carbonyl (C=O) groups excluding carboxylic acids is 1. The topological polar surface area (TPSA) is 76.6 Å². The molecule has 1 amide bonds. The third-order valence-corrected chi connectivity index (χ3v) is 5.18. The predicted octanol–water partition coefficient (Wildman–Crippen LogP) is 2.73. The van der Waals surface area contributed by atoms with Crippen LogP contribution >= 0.6 is 0 Å². The number of benzene rings is 2. The number of hydrogen-bond acceptors (Lipinski definition) is 5. The summed E-state index contributed by atoms with van der Waals surface area (Å²) in [6.07, 6.45) is 0.562. The Kier molecular flexibility index (Phi) is 5.69. The number of aryl methyl sites for hydroxylation is 1. The van der Waals surface area contributed by atoms with E-state index in [4.69, 9.17) is 9.47 Å². The van der Waals surface area contributed by atoms with E-state index in [1.165, 1.54) is 0 Å². The number of hydrazine groups is 1. The maximum atomic E-state index is 12.2. The van der Waals surface area contributed by atoms with E-state index in [0.717, 1.165) is 35.3 Å². The van der Waals surface area contributed by atoms with Gasteiger partial charge in [-0.05, 0) is 37.3 Å². The van der Waals surface area contributed by atoms with Crippen molar-refractivity contribution in [2.75, 3.05) is 13.7 Å². The van der Waals surface area contributed by atoms with Crippen molar-refractivity contribution in [3.05, 3.63) is 60.3 Å². The largest absolute Gasteiger partial charge is 0.496 e. The molecule has 2 atom stereocenters. The molecule has 1 saturated heterocycles. The highest BCUT2D eigenvalue weighted by atomic mass is 16.5. The lowest BCUT2D eigenvalue weighted by molar-refractivity contribution is -0.123. The first-order valence-corrected chi connectivity index (χ1v) is 9.84. The fraction of sp³-hybridized carbons (Fsp3) is 0.318. The van der Waals surface area contributed by atoms with Crippen molar-refractivity contribution >= 4 is 16.8 Å². The van der Waals surface area contributed by atoms with Crippen LogP contribution in [0, 0.1) is 0 Å². The number of para-hydroxylation sites is 1. The maximum absolute atomic E-state index is 12.2. The zero-order valence-electron chi connectivity index (χ0n) is 16.6. The fourth-order valence-corrected chi connectivity index (χ4v) is 3.84. The smallest absolute Gasteiger partial charge is 0.259 e. The molecule has 2 heterocycles. The number of ether oxygens (including phenoxy) is 2. The number of fused-ring (bicyclic) bond motifs is 1. The van der Waals surface area contributed by atoms with E-state index in [1.807, 2.05) is 42.5 Å². The lowest BCUT2D eigenvalue weighted by Crippen LogP contribution is -2.45. The minimum Gasteiger partial charge on any atom is -0.496 e. The van der Waals surface area contributed by atoms with Crippen LogP contribution in [0.5, 0.6) is 11.5 Å².